The van der Waals surface area contributed by atoms with Crippen LogP contribution in [0, 0.1) is 5.82 Å². The number of aryl methyl sites for hydroxylation is 1. The molecule has 2 aromatic heterocycles. The summed E-state index contributed by atoms with van der Waals surface area (Å²) in [6, 6.07) is 2.11. The predicted molar refractivity (Wildman–Crippen MR) is 180 cm³/mol. The maximum absolute atomic E-state index is 15.0. The van der Waals surface area contributed by atoms with Crippen LogP contribution in [0.1, 0.15) is 77.3 Å². The van der Waals surface area contributed by atoms with Crippen molar-refractivity contribution in [3.8, 4) is 6.01 Å². The maximum atomic E-state index is 15.0. The van der Waals surface area contributed by atoms with Crippen LogP contribution in [0.25, 0.3) is 0 Å². The number of nitrogens with two attached hydrogens (primary N) is 1. The number of nitrogen functional groups attached to an aromatic ring is 1. The minimum Gasteiger partial charge on any atom is -0.467 e. The van der Waals surface area contributed by atoms with Crippen LogP contribution in [-0.2, 0) is 37.0 Å². The van der Waals surface area contributed by atoms with Gasteiger partial charge in [0.1, 0.15) is 12.0 Å². The standard InChI is InChI=1S/C27H28ClF6N7O3.C7H12FN/c1-3-39(11-19(29)30)25(42)23-21(28)17-10-40(7-4-8-41(17)38-23)24-13-12-44-18(9-16(13)36-26(37-24)43-2)20-14(27(32,33)34)5-6-15(35)22(20)31;8-6-4-7-2-1-3-9(7)5-6/h5-6,18-19H,3-4,7-12,35H2,1-2H3;6-7H,1-5H2. The number of alkyl halides is 6. The number of nitrogens with zero attached hydrogens (tertiary/aromatic N) is 7. The van der Waals surface area contributed by atoms with Gasteiger partial charge in [0.15, 0.2) is 11.5 Å². The Morgan fingerprint density at radius 2 is 1.96 bits per heavy atom. The highest BCUT2D eigenvalue weighted by Gasteiger charge is 2.40. The first-order valence-corrected chi connectivity index (χ1v) is 17.7. The third-order valence-corrected chi connectivity index (χ3v) is 10.4. The molecule has 2 N–H and O–H groups in total. The fourth-order valence-corrected chi connectivity index (χ4v) is 7.71. The lowest BCUT2D eigenvalue weighted by molar-refractivity contribution is -0.140. The number of halogens is 8. The van der Waals surface area contributed by atoms with Gasteiger partial charge in [-0.1, -0.05) is 11.6 Å². The van der Waals surface area contributed by atoms with Gasteiger partial charge in [-0.05, 0) is 51.3 Å². The summed E-state index contributed by atoms with van der Waals surface area (Å²) in [6.45, 7) is 3.32. The van der Waals surface area contributed by atoms with Crippen molar-refractivity contribution >= 4 is 29.0 Å². The molecule has 3 aromatic rings. The SMILES string of the molecule is CCN(CC(F)F)C(=O)c1nn2c(c1Cl)CN(c1nc(OC)nc3c1COC(c1c(C(F)(F)F)ccc(N)c1F)C3)CCC2.FC1CC2CCCN2C1. The molecular formula is C34H40ClF7N8O3. The largest absolute Gasteiger partial charge is 0.467 e. The molecule has 4 aliphatic rings. The van der Waals surface area contributed by atoms with Crippen molar-refractivity contribution < 1.29 is 45.0 Å². The molecule has 1 amide bonds. The smallest absolute Gasteiger partial charge is 0.416 e. The fraction of sp³-hybridized carbons (Fsp3) is 0.588. The van der Waals surface area contributed by atoms with Crippen LogP contribution in [0.15, 0.2) is 12.1 Å². The van der Waals surface area contributed by atoms with E-state index in [0.29, 0.717) is 54.9 Å². The van der Waals surface area contributed by atoms with E-state index >= 15 is 4.39 Å². The van der Waals surface area contributed by atoms with Crippen molar-refractivity contribution in [2.24, 2.45) is 0 Å². The zero-order chi connectivity index (χ0) is 38.2. The van der Waals surface area contributed by atoms with E-state index in [2.05, 4.69) is 20.0 Å². The van der Waals surface area contributed by atoms with Crippen LogP contribution < -0.4 is 15.4 Å². The van der Waals surface area contributed by atoms with Crippen LogP contribution >= 0.6 is 11.6 Å². The molecule has 290 valence electrons. The van der Waals surface area contributed by atoms with Gasteiger partial charge < -0.3 is 25.0 Å². The van der Waals surface area contributed by atoms with Crippen LogP contribution in [-0.4, -0.2) is 93.9 Å². The molecule has 0 saturated carbocycles. The number of methoxy groups -OCH3 is 1. The number of anilines is 2. The number of benzene rings is 1. The summed E-state index contributed by atoms with van der Waals surface area (Å²) in [6.07, 6.45) is -5.84. The summed E-state index contributed by atoms with van der Waals surface area (Å²) in [4.78, 5) is 26.9. The first kappa shape index (κ1) is 38.8. The summed E-state index contributed by atoms with van der Waals surface area (Å²) >= 11 is 6.60. The second kappa shape index (κ2) is 15.8. The Labute approximate surface area is 306 Å². The topological polar surface area (TPSA) is 115 Å². The molecule has 6 heterocycles. The fourth-order valence-electron chi connectivity index (χ4n) is 7.44. The van der Waals surface area contributed by atoms with Gasteiger partial charge in [0.05, 0.1) is 60.6 Å². The number of carbonyl (C=O) groups excluding carboxylic acids is 1. The summed E-state index contributed by atoms with van der Waals surface area (Å²) in [5, 5.41) is 4.34. The normalized spacial score (nSPS) is 21.4. The van der Waals surface area contributed by atoms with Crippen molar-refractivity contribution in [1.29, 1.82) is 0 Å². The van der Waals surface area contributed by atoms with E-state index in [4.69, 9.17) is 26.8 Å². The van der Waals surface area contributed by atoms with Gasteiger partial charge in [-0.15, -0.1) is 0 Å². The van der Waals surface area contributed by atoms with E-state index in [-0.39, 0.29) is 42.8 Å². The number of ether oxygens (including phenoxy) is 2. The molecule has 11 nitrogen and oxygen atoms in total. The summed E-state index contributed by atoms with van der Waals surface area (Å²) in [7, 11) is 1.33. The minimum atomic E-state index is -4.86. The second-order valence-electron chi connectivity index (χ2n) is 13.4. The Morgan fingerprint density at radius 1 is 1.19 bits per heavy atom. The van der Waals surface area contributed by atoms with Gasteiger partial charge in [-0.25, -0.2) is 17.6 Å². The predicted octanol–water partition coefficient (Wildman–Crippen LogP) is 6.22. The monoisotopic (exact) mass is 776 g/mol. The summed E-state index contributed by atoms with van der Waals surface area (Å²) in [5.41, 5.74) is 4.29. The molecule has 3 unspecified atom stereocenters. The number of rotatable bonds is 7. The van der Waals surface area contributed by atoms with Crippen LogP contribution in [0.5, 0.6) is 6.01 Å². The zero-order valence-electron chi connectivity index (χ0n) is 29.1. The maximum Gasteiger partial charge on any atom is 0.416 e. The highest BCUT2D eigenvalue weighted by atomic mass is 35.5. The number of hydrogen-bond acceptors (Lipinski definition) is 9. The van der Waals surface area contributed by atoms with Crippen molar-refractivity contribution in [3.63, 3.8) is 0 Å². The molecule has 3 atom stereocenters. The van der Waals surface area contributed by atoms with E-state index < -0.39 is 60.0 Å². The molecule has 19 heteroatoms. The van der Waals surface area contributed by atoms with Crippen molar-refractivity contribution in [1.82, 2.24) is 29.5 Å². The van der Waals surface area contributed by atoms with Gasteiger partial charge in [-0.2, -0.15) is 28.2 Å². The Bertz CT molecular complexity index is 1800. The highest BCUT2D eigenvalue weighted by Crippen LogP contribution is 2.43. The number of fused-ring (bicyclic) bond motifs is 3. The van der Waals surface area contributed by atoms with Gasteiger partial charge in [0.2, 0.25) is 0 Å². The molecule has 0 spiro atoms. The number of aromatic nitrogens is 4. The molecule has 0 bridgehead atoms. The Hall–Kier alpha value is -3.90. The van der Waals surface area contributed by atoms with Gasteiger partial charge in [0, 0.05) is 49.8 Å². The quantitative estimate of drug-likeness (QED) is 0.221. The summed E-state index contributed by atoms with van der Waals surface area (Å²) in [5.74, 6) is -1.59. The Kier molecular flexibility index (Phi) is 11.6. The molecule has 7 rings (SSSR count). The van der Waals surface area contributed by atoms with Crippen molar-refractivity contribution in [2.45, 2.75) is 89.6 Å². The van der Waals surface area contributed by atoms with Crippen LogP contribution in [0.2, 0.25) is 5.02 Å². The average Bonchev–Trinajstić information content (AvgIpc) is 3.74. The van der Waals surface area contributed by atoms with E-state index in [1.54, 1.807) is 11.6 Å². The van der Waals surface area contributed by atoms with Crippen LogP contribution in [0.4, 0.5) is 42.2 Å². The molecule has 53 heavy (non-hydrogen) atoms. The molecule has 2 saturated heterocycles. The number of amides is 1. The van der Waals surface area contributed by atoms with Gasteiger partial charge in [-0.3, -0.25) is 14.4 Å². The average molecular weight is 777 g/mol. The zero-order valence-corrected chi connectivity index (χ0v) is 29.9. The van der Waals surface area contributed by atoms with E-state index in [1.807, 2.05) is 4.90 Å². The molecule has 0 radical (unpaired) electrons. The highest BCUT2D eigenvalue weighted by molar-refractivity contribution is 6.34. The lowest BCUT2D eigenvalue weighted by atomic mass is 9.94. The Morgan fingerprint density at radius 3 is 2.64 bits per heavy atom. The van der Waals surface area contributed by atoms with E-state index in [0.717, 1.165) is 30.0 Å². The van der Waals surface area contributed by atoms with E-state index in [9.17, 15) is 31.1 Å². The van der Waals surface area contributed by atoms with Crippen molar-refractivity contribution in [3.05, 3.63) is 56.7 Å². The molecular weight excluding hydrogens is 737 g/mol. The number of carbonyl (C=O) groups is 1. The minimum absolute atomic E-state index is 0.0117. The third kappa shape index (κ3) is 8.13. The first-order chi connectivity index (χ1) is 25.2. The van der Waals surface area contributed by atoms with E-state index in [1.165, 1.54) is 20.0 Å². The van der Waals surface area contributed by atoms with Crippen molar-refractivity contribution in [2.75, 3.05) is 50.5 Å². The van der Waals surface area contributed by atoms with Crippen LogP contribution in [0.3, 0.4) is 0 Å². The molecule has 1 aromatic carbocycles. The van der Waals surface area contributed by atoms with Gasteiger partial charge >= 0.3 is 12.2 Å². The summed E-state index contributed by atoms with van der Waals surface area (Å²) < 4.78 is 108. The molecule has 4 aliphatic heterocycles. The second-order valence-corrected chi connectivity index (χ2v) is 13.7. The molecule has 0 aliphatic carbocycles. The molecule has 2 fully saturated rings. The van der Waals surface area contributed by atoms with Gasteiger partial charge in [0.25, 0.3) is 12.3 Å². The number of hydrogen-bond donors (Lipinski definition) is 1. The lowest BCUT2D eigenvalue weighted by Gasteiger charge is -2.31. The lowest BCUT2D eigenvalue weighted by Crippen LogP contribution is -2.35. The Balaban J connectivity index is 0.000000461. The first-order valence-electron chi connectivity index (χ1n) is 17.4. The third-order valence-electron chi connectivity index (χ3n) is 10.00.